The van der Waals surface area contributed by atoms with Crippen LogP contribution in [0.2, 0.25) is 0 Å². The topological polar surface area (TPSA) is 94.8 Å². The molecule has 6 heteroatoms. The Morgan fingerprint density at radius 1 is 1.00 bits per heavy atom. The van der Waals surface area contributed by atoms with E-state index in [1.807, 2.05) is 0 Å². The Hall–Kier alpha value is -1.69. The largest absolute Gasteiger partial charge is 0.506 e. The van der Waals surface area contributed by atoms with Gasteiger partial charge in [0.15, 0.2) is 0 Å². The smallest absolute Gasteiger partial charge is 0.339 e. The van der Waals surface area contributed by atoms with Gasteiger partial charge in [0.25, 0.3) is 0 Å². The van der Waals surface area contributed by atoms with Crippen LogP contribution in [0.1, 0.15) is 31.8 Å². The van der Waals surface area contributed by atoms with Crippen LogP contribution in [0.4, 0.5) is 0 Å². The summed E-state index contributed by atoms with van der Waals surface area (Å²) in [5, 5.41) is 27.4. The number of rotatable bonds is 2. The highest BCUT2D eigenvalue weighted by Gasteiger charge is 2.24. The molecule has 5 nitrogen and oxygen atoms in total. The van der Waals surface area contributed by atoms with Gasteiger partial charge in [-0.15, -0.1) is 12.6 Å². The third kappa shape index (κ3) is 1.71. The molecule has 86 valence electrons. The van der Waals surface area contributed by atoms with Crippen molar-refractivity contribution in [1.29, 1.82) is 0 Å². The van der Waals surface area contributed by atoms with Crippen LogP contribution in [0.15, 0.2) is 4.90 Å². The van der Waals surface area contributed by atoms with Gasteiger partial charge in [-0.2, -0.15) is 0 Å². The maximum absolute atomic E-state index is 11.0. The SMILES string of the molecule is Cc1c(S)c(O)c(C(=O)O)c(C)c1C(=O)O. The van der Waals surface area contributed by atoms with Crippen molar-refractivity contribution in [3.8, 4) is 5.75 Å². The molecule has 16 heavy (non-hydrogen) atoms. The molecule has 0 spiro atoms. The fourth-order valence-electron chi connectivity index (χ4n) is 1.58. The van der Waals surface area contributed by atoms with Gasteiger partial charge in [-0.05, 0) is 25.0 Å². The fourth-order valence-corrected chi connectivity index (χ4v) is 1.80. The van der Waals surface area contributed by atoms with Gasteiger partial charge in [0.05, 0.1) is 10.5 Å². The zero-order valence-electron chi connectivity index (χ0n) is 8.61. The summed E-state index contributed by atoms with van der Waals surface area (Å²) in [5.74, 6) is -3.13. The summed E-state index contributed by atoms with van der Waals surface area (Å²) < 4.78 is 0. The lowest BCUT2D eigenvalue weighted by atomic mass is 9.96. The monoisotopic (exact) mass is 242 g/mol. The Morgan fingerprint density at radius 3 is 1.81 bits per heavy atom. The summed E-state index contributed by atoms with van der Waals surface area (Å²) in [7, 11) is 0. The van der Waals surface area contributed by atoms with E-state index in [-0.39, 0.29) is 21.6 Å². The van der Waals surface area contributed by atoms with E-state index in [1.54, 1.807) is 0 Å². The second kappa shape index (κ2) is 4.05. The van der Waals surface area contributed by atoms with E-state index in [0.29, 0.717) is 0 Å². The average Bonchev–Trinajstić information content (AvgIpc) is 2.13. The molecule has 0 aliphatic heterocycles. The number of carboxylic acid groups (broad SMARTS) is 2. The summed E-state index contributed by atoms with van der Waals surface area (Å²) in [4.78, 5) is 21.8. The maximum atomic E-state index is 11.0. The molecular weight excluding hydrogens is 232 g/mol. The molecule has 0 atom stereocenters. The Bertz CT molecular complexity index is 451. The minimum absolute atomic E-state index is 0.0211. The van der Waals surface area contributed by atoms with Crippen LogP contribution in [-0.2, 0) is 0 Å². The van der Waals surface area contributed by atoms with E-state index >= 15 is 0 Å². The molecule has 0 unspecified atom stereocenters. The van der Waals surface area contributed by atoms with Gasteiger partial charge in [0.2, 0.25) is 0 Å². The lowest BCUT2D eigenvalue weighted by Crippen LogP contribution is -2.10. The number of carboxylic acids is 2. The predicted molar refractivity (Wildman–Crippen MR) is 58.8 cm³/mol. The molecule has 0 saturated carbocycles. The average molecular weight is 242 g/mol. The molecular formula is C10H10O5S. The standard InChI is InChI=1S/C10H10O5S/c1-3-5(9(12)13)4(2)8(16)7(11)6(3)10(14)15/h11,16H,1-2H3,(H,12,13)(H,14,15). The van der Waals surface area contributed by atoms with Crippen molar-refractivity contribution in [3.63, 3.8) is 0 Å². The van der Waals surface area contributed by atoms with E-state index in [9.17, 15) is 14.7 Å². The van der Waals surface area contributed by atoms with Crippen LogP contribution >= 0.6 is 12.6 Å². The van der Waals surface area contributed by atoms with Crippen molar-refractivity contribution < 1.29 is 24.9 Å². The van der Waals surface area contributed by atoms with Crippen molar-refractivity contribution in [2.45, 2.75) is 18.7 Å². The van der Waals surface area contributed by atoms with E-state index in [1.165, 1.54) is 13.8 Å². The summed E-state index contributed by atoms with van der Waals surface area (Å²) in [5.41, 5.74) is -0.295. The molecule has 0 bridgehead atoms. The van der Waals surface area contributed by atoms with Crippen LogP contribution in [0.25, 0.3) is 0 Å². The van der Waals surface area contributed by atoms with Gasteiger partial charge in [-0.25, -0.2) is 9.59 Å². The summed E-state index contributed by atoms with van der Waals surface area (Å²) >= 11 is 3.91. The third-order valence-corrected chi connectivity index (χ3v) is 2.92. The second-order valence-electron chi connectivity index (χ2n) is 3.31. The van der Waals surface area contributed by atoms with Crippen LogP contribution < -0.4 is 0 Å². The lowest BCUT2D eigenvalue weighted by Gasteiger charge is -2.13. The quantitative estimate of drug-likeness (QED) is 0.592. The van der Waals surface area contributed by atoms with Crippen molar-refractivity contribution in [2.24, 2.45) is 0 Å². The van der Waals surface area contributed by atoms with Gasteiger partial charge in [-0.3, -0.25) is 0 Å². The van der Waals surface area contributed by atoms with E-state index in [4.69, 9.17) is 10.2 Å². The third-order valence-electron chi connectivity index (χ3n) is 2.37. The normalized spacial score (nSPS) is 10.2. The Morgan fingerprint density at radius 2 is 1.44 bits per heavy atom. The molecule has 3 N–H and O–H groups in total. The second-order valence-corrected chi connectivity index (χ2v) is 3.75. The zero-order valence-corrected chi connectivity index (χ0v) is 9.50. The first-order chi connectivity index (χ1) is 7.29. The lowest BCUT2D eigenvalue weighted by molar-refractivity contribution is 0.0692. The van der Waals surface area contributed by atoms with Gasteiger partial charge in [0, 0.05) is 0 Å². The number of phenols is 1. The molecule has 0 aliphatic rings. The summed E-state index contributed by atoms with van der Waals surface area (Å²) in [6.07, 6.45) is 0. The molecule has 0 heterocycles. The van der Waals surface area contributed by atoms with Crippen molar-refractivity contribution >= 4 is 24.6 Å². The molecule has 1 rings (SSSR count). The predicted octanol–water partition coefficient (Wildman–Crippen LogP) is 1.69. The van der Waals surface area contributed by atoms with Crippen molar-refractivity contribution in [2.75, 3.05) is 0 Å². The zero-order chi connectivity index (χ0) is 12.6. The van der Waals surface area contributed by atoms with Gasteiger partial charge < -0.3 is 15.3 Å². The first-order valence-electron chi connectivity index (χ1n) is 4.30. The van der Waals surface area contributed by atoms with Crippen LogP contribution in [-0.4, -0.2) is 27.3 Å². The maximum Gasteiger partial charge on any atom is 0.339 e. The molecule has 0 aromatic heterocycles. The molecule has 0 aliphatic carbocycles. The molecule has 0 fully saturated rings. The van der Waals surface area contributed by atoms with Crippen LogP contribution in [0, 0.1) is 13.8 Å². The number of benzene rings is 1. The van der Waals surface area contributed by atoms with Crippen molar-refractivity contribution in [3.05, 3.63) is 22.3 Å². The Balaban J connectivity index is 3.80. The highest BCUT2D eigenvalue weighted by Crippen LogP contribution is 2.35. The first-order valence-corrected chi connectivity index (χ1v) is 4.75. The highest BCUT2D eigenvalue weighted by molar-refractivity contribution is 7.80. The molecule has 0 radical (unpaired) electrons. The fraction of sp³-hybridized carbons (Fsp3) is 0.200. The highest BCUT2D eigenvalue weighted by atomic mass is 32.1. The summed E-state index contributed by atoms with van der Waals surface area (Å²) in [6, 6.07) is 0. The number of aromatic carboxylic acids is 2. The summed E-state index contributed by atoms with van der Waals surface area (Å²) in [6.45, 7) is 2.80. The van der Waals surface area contributed by atoms with E-state index in [2.05, 4.69) is 12.6 Å². The van der Waals surface area contributed by atoms with Gasteiger partial charge in [0.1, 0.15) is 11.3 Å². The van der Waals surface area contributed by atoms with Crippen LogP contribution in [0.5, 0.6) is 5.75 Å². The van der Waals surface area contributed by atoms with E-state index < -0.39 is 23.3 Å². The molecule has 1 aromatic carbocycles. The van der Waals surface area contributed by atoms with E-state index in [0.717, 1.165) is 0 Å². The minimum Gasteiger partial charge on any atom is -0.506 e. The molecule has 0 amide bonds. The number of carbonyl (C=O) groups is 2. The minimum atomic E-state index is -1.38. The number of hydrogen-bond donors (Lipinski definition) is 4. The Kier molecular flexibility index (Phi) is 3.14. The van der Waals surface area contributed by atoms with Gasteiger partial charge in [-0.1, -0.05) is 0 Å². The Labute approximate surface area is 96.8 Å². The number of hydrogen-bond acceptors (Lipinski definition) is 4. The molecule has 1 aromatic rings. The first kappa shape index (κ1) is 12.4. The van der Waals surface area contributed by atoms with Crippen LogP contribution in [0.3, 0.4) is 0 Å². The van der Waals surface area contributed by atoms with Crippen molar-refractivity contribution in [1.82, 2.24) is 0 Å². The van der Waals surface area contributed by atoms with Gasteiger partial charge >= 0.3 is 11.9 Å². The number of aromatic hydroxyl groups is 1. The number of thiol groups is 1. The molecule has 0 saturated heterocycles.